The van der Waals surface area contributed by atoms with E-state index in [1.165, 1.54) is 7.11 Å². The van der Waals surface area contributed by atoms with Crippen molar-refractivity contribution in [1.29, 1.82) is 0 Å². The Morgan fingerprint density at radius 2 is 1.17 bits per heavy atom. The predicted molar refractivity (Wildman–Crippen MR) is 190 cm³/mol. The minimum absolute atomic E-state index is 0.0336. The van der Waals surface area contributed by atoms with Crippen LogP contribution in [0.15, 0.2) is 72.8 Å². The van der Waals surface area contributed by atoms with Crippen molar-refractivity contribution in [2.75, 3.05) is 7.11 Å². The summed E-state index contributed by atoms with van der Waals surface area (Å²) in [5, 5.41) is 14.1. The van der Waals surface area contributed by atoms with Crippen LogP contribution in [0.25, 0.3) is 21.5 Å². The number of carbonyl (C=O) groups excluding carboxylic acids is 2. The Labute approximate surface area is 291 Å². The number of phenols is 1. The van der Waals surface area contributed by atoms with Gasteiger partial charge in [-0.1, -0.05) is 24.3 Å². The minimum Gasteiger partial charge on any atom is -0.504 e. The molecule has 0 atom stereocenters. The highest BCUT2D eigenvalue weighted by Gasteiger charge is 2.34. The fraction of sp³-hybridized carbons (Fsp3) is 0.263. The molecule has 0 amide bonds. The highest BCUT2D eigenvalue weighted by atomic mass is 127. The number of benzene rings is 5. The molecule has 1 N–H and O–H groups in total. The molecule has 48 heavy (non-hydrogen) atoms. The maximum absolute atomic E-state index is 12.6. The zero-order valence-corrected chi connectivity index (χ0v) is 29.8. The molecule has 0 saturated heterocycles. The maximum atomic E-state index is 12.6. The van der Waals surface area contributed by atoms with Crippen LogP contribution < -0.4 is 18.9 Å². The second-order valence-electron chi connectivity index (χ2n) is 13.4. The van der Waals surface area contributed by atoms with E-state index >= 15 is 0 Å². The first-order chi connectivity index (χ1) is 22.6. The van der Waals surface area contributed by atoms with E-state index in [0.717, 1.165) is 38.2 Å². The number of carbonyl (C=O) groups is 2. The van der Waals surface area contributed by atoms with E-state index in [1.54, 1.807) is 71.9 Å². The molecule has 9 nitrogen and oxygen atoms in total. The molecule has 0 aromatic heterocycles. The van der Waals surface area contributed by atoms with E-state index in [0.29, 0.717) is 32.3 Å². The van der Waals surface area contributed by atoms with E-state index in [9.17, 15) is 14.7 Å². The van der Waals surface area contributed by atoms with Gasteiger partial charge in [0, 0.05) is 17.0 Å². The summed E-state index contributed by atoms with van der Waals surface area (Å²) in [7, 11) is 1.51. The lowest BCUT2D eigenvalue weighted by Crippen LogP contribution is -2.26. The molecule has 0 saturated carbocycles. The van der Waals surface area contributed by atoms with Gasteiger partial charge in [-0.3, -0.25) is 0 Å². The van der Waals surface area contributed by atoms with Crippen molar-refractivity contribution >= 4 is 56.4 Å². The molecule has 248 valence electrons. The molecule has 1 aliphatic heterocycles. The molecule has 1 aliphatic rings. The molecule has 0 unspecified atom stereocenters. The summed E-state index contributed by atoms with van der Waals surface area (Å²) < 4.78 is 34.8. The van der Waals surface area contributed by atoms with E-state index < -0.39 is 29.4 Å². The molecular weight excluding hydrogens is 727 g/mol. The number of methoxy groups -OCH3 is 1. The number of halogens is 1. The number of phenolic OH excluding ortho intramolecular Hbond substituents is 1. The summed E-state index contributed by atoms with van der Waals surface area (Å²) in [5.41, 5.74) is 0.987. The topological polar surface area (TPSA) is 110 Å². The van der Waals surface area contributed by atoms with Crippen molar-refractivity contribution in [3.63, 3.8) is 0 Å². The van der Waals surface area contributed by atoms with Crippen LogP contribution >= 0.6 is 22.6 Å². The van der Waals surface area contributed by atoms with Crippen molar-refractivity contribution in [1.82, 2.24) is 0 Å². The zero-order valence-electron chi connectivity index (χ0n) is 27.6. The van der Waals surface area contributed by atoms with Gasteiger partial charge in [0.1, 0.15) is 34.2 Å². The van der Waals surface area contributed by atoms with Gasteiger partial charge in [0.15, 0.2) is 11.5 Å². The molecule has 1 heterocycles. The standard InChI is InChI=1S/C38H35IO9/c1-37(2,3)47-35(41)44-23-12-8-20-10-14-28-32(25(20)18-23)31(22-16-27(39)34(40)30(17-22)43-7)33-26-19-24(45-36(42)48-38(4,5)6)13-9-21(26)11-15-29(33)46-28/h8-19,31,40H,1-7H3. The highest BCUT2D eigenvalue weighted by molar-refractivity contribution is 14.1. The molecule has 5 aromatic carbocycles. The smallest absolute Gasteiger partial charge is 0.504 e. The van der Waals surface area contributed by atoms with Crippen LogP contribution in [0.2, 0.25) is 0 Å². The van der Waals surface area contributed by atoms with Crippen LogP contribution in [0.4, 0.5) is 9.59 Å². The van der Waals surface area contributed by atoms with Gasteiger partial charge >= 0.3 is 12.3 Å². The normalized spacial score (nSPS) is 12.9. The zero-order chi connectivity index (χ0) is 34.5. The minimum atomic E-state index is -0.814. The molecule has 0 aliphatic carbocycles. The molecule has 0 bridgehead atoms. The molecule has 10 heteroatoms. The lowest BCUT2D eigenvalue weighted by molar-refractivity contribution is 0.0193. The Morgan fingerprint density at radius 1 is 0.708 bits per heavy atom. The maximum Gasteiger partial charge on any atom is 0.514 e. The van der Waals surface area contributed by atoms with Crippen molar-refractivity contribution in [2.45, 2.75) is 58.7 Å². The number of hydrogen-bond donors (Lipinski definition) is 1. The van der Waals surface area contributed by atoms with Crippen molar-refractivity contribution in [3.05, 3.63) is 93.1 Å². The van der Waals surface area contributed by atoms with Crippen molar-refractivity contribution < 1.29 is 43.1 Å². The van der Waals surface area contributed by atoms with Crippen LogP contribution in [0.5, 0.6) is 34.5 Å². The summed E-state index contributed by atoms with van der Waals surface area (Å²) >= 11 is 2.08. The molecule has 6 rings (SSSR count). The van der Waals surface area contributed by atoms with E-state index in [4.69, 9.17) is 28.4 Å². The largest absolute Gasteiger partial charge is 0.514 e. The average Bonchev–Trinajstić information content (AvgIpc) is 2.99. The molecule has 0 radical (unpaired) electrons. The van der Waals surface area contributed by atoms with Crippen LogP contribution in [0.1, 0.15) is 64.2 Å². The van der Waals surface area contributed by atoms with Gasteiger partial charge in [-0.05, 0) is 140 Å². The SMILES string of the molecule is COc1cc(C2c3c(ccc4ccc(OC(=O)OC(C)(C)C)cc34)Oc3ccc4ccc(OC(=O)OC(C)(C)C)cc4c32)cc(I)c1O. The van der Waals surface area contributed by atoms with Gasteiger partial charge in [0.2, 0.25) is 0 Å². The lowest BCUT2D eigenvalue weighted by Gasteiger charge is -2.31. The van der Waals surface area contributed by atoms with E-state index in [1.807, 2.05) is 42.5 Å². The number of rotatable bonds is 4. The summed E-state index contributed by atoms with van der Waals surface area (Å²) in [6.07, 6.45) is -1.63. The number of ether oxygens (including phenoxy) is 6. The van der Waals surface area contributed by atoms with Crippen LogP contribution in [-0.4, -0.2) is 35.7 Å². The molecule has 5 aromatic rings. The van der Waals surface area contributed by atoms with E-state index in [2.05, 4.69) is 22.6 Å². The summed E-state index contributed by atoms with van der Waals surface area (Å²) in [5.74, 6) is 1.71. The third-order valence-corrected chi connectivity index (χ3v) is 8.39. The summed E-state index contributed by atoms with van der Waals surface area (Å²) in [6, 6.07) is 22.2. The Balaban J connectivity index is 1.58. The number of hydrogen-bond acceptors (Lipinski definition) is 9. The fourth-order valence-corrected chi connectivity index (χ4v) is 6.38. The predicted octanol–water partition coefficient (Wildman–Crippen LogP) is 10.2. The number of aromatic hydroxyl groups is 1. The lowest BCUT2D eigenvalue weighted by atomic mass is 9.78. The Kier molecular flexibility index (Phi) is 8.57. The fourth-order valence-electron chi connectivity index (χ4n) is 5.75. The van der Waals surface area contributed by atoms with Gasteiger partial charge in [-0.2, -0.15) is 0 Å². The Bertz CT molecular complexity index is 1970. The Morgan fingerprint density at radius 3 is 1.60 bits per heavy atom. The second-order valence-corrected chi connectivity index (χ2v) is 14.6. The molecule has 0 fully saturated rings. The third-order valence-electron chi connectivity index (χ3n) is 7.57. The van der Waals surface area contributed by atoms with E-state index in [-0.39, 0.29) is 5.75 Å². The highest BCUT2D eigenvalue weighted by Crippen LogP contribution is 2.54. The Hall–Kier alpha value is -4.71. The van der Waals surface area contributed by atoms with Crippen LogP contribution in [0.3, 0.4) is 0 Å². The van der Waals surface area contributed by atoms with Crippen LogP contribution in [0, 0.1) is 3.57 Å². The third kappa shape index (κ3) is 6.80. The monoisotopic (exact) mass is 762 g/mol. The van der Waals surface area contributed by atoms with Gasteiger partial charge in [-0.25, -0.2) is 9.59 Å². The molecule has 0 spiro atoms. The first-order valence-corrected chi connectivity index (χ1v) is 16.4. The second kappa shape index (κ2) is 12.4. The summed E-state index contributed by atoms with van der Waals surface area (Å²) in [6.45, 7) is 10.6. The number of fused-ring (bicyclic) bond motifs is 6. The first-order valence-electron chi connectivity index (χ1n) is 15.3. The van der Waals surface area contributed by atoms with Gasteiger partial charge in [0.25, 0.3) is 0 Å². The quantitative estimate of drug-likeness (QED) is 0.107. The van der Waals surface area contributed by atoms with Crippen LogP contribution in [-0.2, 0) is 9.47 Å². The van der Waals surface area contributed by atoms with Gasteiger partial charge < -0.3 is 33.5 Å². The van der Waals surface area contributed by atoms with Crippen molar-refractivity contribution in [3.8, 4) is 34.5 Å². The van der Waals surface area contributed by atoms with Gasteiger partial charge in [0.05, 0.1) is 10.7 Å². The summed E-state index contributed by atoms with van der Waals surface area (Å²) in [4.78, 5) is 25.2. The average molecular weight is 763 g/mol. The molecular formula is C38H35IO9. The van der Waals surface area contributed by atoms with Crippen molar-refractivity contribution in [2.24, 2.45) is 0 Å². The first kappa shape index (κ1) is 33.2. The van der Waals surface area contributed by atoms with Gasteiger partial charge in [-0.15, -0.1) is 0 Å².